The first-order valence-electron chi connectivity index (χ1n) is 9.28. The first-order chi connectivity index (χ1) is 12.3. The molecule has 2 aliphatic rings. The van der Waals surface area contributed by atoms with Crippen LogP contribution in [0.2, 0.25) is 0 Å². The summed E-state index contributed by atoms with van der Waals surface area (Å²) in [6.07, 6.45) is 5.16. The van der Waals surface area contributed by atoms with Crippen molar-refractivity contribution >= 4 is 10.0 Å². The molecular weight excluding hydrogens is 348 g/mol. The van der Waals surface area contributed by atoms with Gasteiger partial charge in [-0.15, -0.1) is 5.10 Å². The van der Waals surface area contributed by atoms with Crippen LogP contribution in [0, 0.1) is 27.7 Å². The highest BCUT2D eigenvalue weighted by molar-refractivity contribution is 7.89. The third-order valence-corrected chi connectivity index (χ3v) is 8.06. The largest absolute Gasteiger partial charge is 0.248 e. The Balaban J connectivity index is 1.61. The van der Waals surface area contributed by atoms with Crippen molar-refractivity contribution in [2.24, 2.45) is 0 Å². The molecule has 0 spiro atoms. The summed E-state index contributed by atoms with van der Waals surface area (Å²) in [6.45, 7) is 8.74. The quantitative estimate of drug-likeness (QED) is 0.825. The fraction of sp³-hybridized carbons (Fsp3) is 0.579. The molecule has 0 amide bonds. The van der Waals surface area contributed by atoms with E-state index in [9.17, 15) is 8.42 Å². The van der Waals surface area contributed by atoms with Crippen LogP contribution in [0.3, 0.4) is 0 Å². The normalized spacial score (nSPS) is 21.5. The number of hydrogen-bond donors (Lipinski definition) is 0. The molecule has 4 rings (SSSR count). The van der Waals surface area contributed by atoms with Gasteiger partial charge in [0.15, 0.2) is 0 Å². The summed E-state index contributed by atoms with van der Waals surface area (Å²) in [5.41, 5.74) is 4.80. The van der Waals surface area contributed by atoms with Gasteiger partial charge in [0, 0.05) is 25.2 Å². The lowest BCUT2D eigenvalue weighted by Crippen LogP contribution is -2.30. The van der Waals surface area contributed by atoms with Crippen LogP contribution >= 0.6 is 0 Å². The second-order valence-electron chi connectivity index (χ2n) is 7.79. The van der Waals surface area contributed by atoms with Crippen LogP contribution in [0.15, 0.2) is 17.2 Å². The third-order valence-electron chi connectivity index (χ3n) is 5.92. The average molecular weight is 375 g/mol. The Kier molecular flexibility index (Phi) is 4.19. The lowest BCUT2D eigenvalue weighted by atomic mass is 10.0. The third kappa shape index (κ3) is 2.87. The predicted octanol–water partition coefficient (Wildman–Crippen LogP) is 3.02. The van der Waals surface area contributed by atoms with Crippen molar-refractivity contribution in [1.82, 2.24) is 19.3 Å². The molecule has 2 heterocycles. The Bertz CT molecular complexity index is 934. The van der Waals surface area contributed by atoms with Gasteiger partial charge in [-0.25, -0.2) is 13.1 Å². The van der Waals surface area contributed by atoms with E-state index in [0.717, 1.165) is 34.4 Å². The summed E-state index contributed by atoms with van der Waals surface area (Å²) in [6, 6.07) is 2.13. The van der Waals surface area contributed by atoms with Gasteiger partial charge in [-0.05, 0) is 69.2 Å². The van der Waals surface area contributed by atoms with E-state index in [-0.39, 0.29) is 6.04 Å². The van der Waals surface area contributed by atoms with Crippen LogP contribution in [-0.4, -0.2) is 40.8 Å². The first kappa shape index (κ1) is 17.7. The van der Waals surface area contributed by atoms with Crippen LogP contribution < -0.4 is 0 Å². The molecule has 1 saturated heterocycles. The molecular formula is C19H26N4O2S. The van der Waals surface area contributed by atoms with Gasteiger partial charge in [0.05, 0.1) is 16.6 Å². The highest BCUT2D eigenvalue weighted by Gasteiger charge is 2.36. The minimum absolute atomic E-state index is 0.0660. The zero-order valence-electron chi connectivity index (χ0n) is 15.9. The van der Waals surface area contributed by atoms with E-state index in [1.807, 2.05) is 38.6 Å². The molecule has 0 bridgehead atoms. The maximum Gasteiger partial charge on any atom is 0.243 e. The van der Waals surface area contributed by atoms with Gasteiger partial charge >= 0.3 is 0 Å². The molecule has 0 N–H and O–H groups in total. The topological polar surface area (TPSA) is 68.1 Å². The van der Waals surface area contributed by atoms with E-state index in [0.29, 0.717) is 23.9 Å². The Morgan fingerprint density at radius 1 is 1.04 bits per heavy atom. The summed E-state index contributed by atoms with van der Waals surface area (Å²) in [5, 5.41) is 8.52. The van der Waals surface area contributed by atoms with Crippen LogP contribution in [0.5, 0.6) is 0 Å². The van der Waals surface area contributed by atoms with Crippen molar-refractivity contribution in [2.75, 3.05) is 13.1 Å². The van der Waals surface area contributed by atoms with Gasteiger partial charge in [0.25, 0.3) is 0 Å². The van der Waals surface area contributed by atoms with Crippen molar-refractivity contribution in [3.05, 3.63) is 40.2 Å². The van der Waals surface area contributed by atoms with E-state index >= 15 is 0 Å². The smallest absolute Gasteiger partial charge is 0.243 e. The highest BCUT2D eigenvalue weighted by Crippen LogP contribution is 2.39. The van der Waals surface area contributed by atoms with Gasteiger partial charge in [-0.1, -0.05) is 11.3 Å². The van der Waals surface area contributed by atoms with Crippen LogP contribution in [0.4, 0.5) is 0 Å². The Hall–Kier alpha value is -1.73. The highest BCUT2D eigenvalue weighted by atomic mass is 32.2. The zero-order valence-corrected chi connectivity index (χ0v) is 16.7. The second kappa shape index (κ2) is 6.16. The SMILES string of the molecule is Cc1cc(C)c(C)c(S(=O)(=O)N2CCC(n3cc(C4CC4)nn3)C2)c1C. The maximum absolute atomic E-state index is 13.4. The van der Waals surface area contributed by atoms with Gasteiger partial charge in [0.1, 0.15) is 0 Å². The molecule has 1 atom stereocenters. The molecule has 1 aromatic carbocycles. The number of rotatable bonds is 4. The molecule has 2 fully saturated rings. The lowest BCUT2D eigenvalue weighted by Gasteiger charge is -2.21. The van der Waals surface area contributed by atoms with Crippen molar-refractivity contribution in [3.8, 4) is 0 Å². The summed E-state index contributed by atoms with van der Waals surface area (Å²) < 4.78 is 30.2. The number of hydrogen-bond acceptors (Lipinski definition) is 4. The molecule has 140 valence electrons. The standard InChI is InChI=1S/C19H26N4O2S/c1-12-9-13(2)15(4)19(14(12)3)26(24,25)22-8-7-17(10-22)23-11-18(20-21-23)16-5-6-16/h9,11,16-17H,5-8,10H2,1-4H3. The predicted molar refractivity (Wildman–Crippen MR) is 99.8 cm³/mol. The molecule has 26 heavy (non-hydrogen) atoms. The van der Waals surface area contributed by atoms with Crippen molar-refractivity contribution < 1.29 is 8.42 Å². The second-order valence-corrected chi connectivity index (χ2v) is 9.67. The monoisotopic (exact) mass is 374 g/mol. The molecule has 2 aromatic rings. The molecule has 1 aromatic heterocycles. The first-order valence-corrected chi connectivity index (χ1v) is 10.7. The molecule has 1 aliphatic carbocycles. The van der Waals surface area contributed by atoms with E-state index in [4.69, 9.17) is 0 Å². The number of sulfonamides is 1. The summed E-state index contributed by atoms with van der Waals surface area (Å²) in [5.74, 6) is 0.561. The fourth-order valence-corrected chi connectivity index (χ4v) is 5.94. The molecule has 1 unspecified atom stereocenters. The summed E-state index contributed by atoms with van der Waals surface area (Å²) in [4.78, 5) is 0.480. The summed E-state index contributed by atoms with van der Waals surface area (Å²) >= 11 is 0. The molecule has 1 saturated carbocycles. The molecule has 6 nitrogen and oxygen atoms in total. The molecule has 0 radical (unpaired) electrons. The van der Waals surface area contributed by atoms with Crippen molar-refractivity contribution in [3.63, 3.8) is 0 Å². The van der Waals surface area contributed by atoms with Crippen molar-refractivity contribution in [1.29, 1.82) is 0 Å². The van der Waals surface area contributed by atoms with Gasteiger partial charge in [0.2, 0.25) is 10.0 Å². The van der Waals surface area contributed by atoms with Crippen LogP contribution in [0.1, 0.15) is 59.2 Å². The summed E-state index contributed by atoms with van der Waals surface area (Å²) in [7, 11) is -3.51. The Morgan fingerprint density at radius 2 is 1.69 bits per heavy atom. The molecule has 7 heteroatoms. The van der Waals surface area contributed by atoms with E-state index < -0.39 is 10.0 Å². The van der Waals surface area contributed by atoms with Gasteiger partial charge in [-0.3, -0.25) is 0 Å². The molecule has 1 aliphatic heterocycles. The average Bonchev–Trinajstić information content (AvgIpc) is 3.11. The van der Waals surface area contributed by atoms with Gasteiger partial charge in [-0.2, -0.15) is 4.31 Å². The van der Waals surface area contributed by atoms with E-state index in [1.165, 1.54) is 12.8 Å². The fourth-order valence-electron chi connectivity index (χ4n) is 3.88. The van der Waals surface area contributed by atoms with E-state index in [1.54, 1.807) is 4.31 Å². The number of aromatic nitrogens is 3. The van der Waals surface area contributed by atoms with E-state index in [2.05, 4.69) is 16.4 Å². The Labute approximate surface area is 155 Å². The number of benzene rings is 1. The Morgan fingerprint density at radius 3 is 2.31 bits per heavy atom. The number of nitrogens with zero attached hydrogens (tertiary/aromatic N) is 4. The maximum atomic E-state index is 13.4. The lowest BCUT2D eigenvalue weighted by molar-refractivity contribution is 0.428. The number of aryl methyl sites for hydroxylation is 2. The minimum atomic E-state index is -3.51. The van der Waals surface area contributed by atoms with Crippen molar-refractivity contribution in [2.45, 2.75) is 63.8 Å². The zero-order chi connectivity index (χ0) is 18.6. The minimum Gasteiger partial charge on any atom is -0.248 e. The van der Waals surface area contributed by atoms with Crippen LogP contribution in [0.25, 0.3) is 0 Å². The van der Waals surface area contributed by atoms with Crippen LogP contribution in [-0.2, 0) is 10.0 Å². The van der Waals surface area contributed by atoms with Gasteiger partial charge < -0.3 is 0 Å².